The highest BCUT2D eigenvalue weighted by molar-refractivity contribution is 9.10. The van der Waals surface area contributed by atoms with Crippen LogP contribution in [0.4, 0.5) is 5.69 Å². The molecule has 0 aromatic heterocycles. The number of rotatable bonds is 4. The average Bonchev–Trinajstić information content (AvgIpc) is 2.22. The van der Waals surface area contributed by atoms with E-state index in [1.54, 1.807) is 0 Å². The minimum atomic E-state index is -0.576. The van der Waals surface area contributed by atoms with Crippen molar-refractivity contribution in [2.24, 2.45) is 0 Å². The summed E-state index contributed by atoms with van der Waals surface area (Å²) in [6.45, 7) is 10.2. The van der Waals surface area contributed by atoms with Gasteiger partial charge >= 0.3 is 0 Å². The first-order valence-corrected chi connectivity index (χ1v) is 6.79. The van der Waals surface area contributed by atoms with Crippen molar-refractivity contribution in [1.82, 2.24) is 0 Å². The summed E-state index contributed by atoms with van der Waals surface area (Å²) < 4.78 is 5.00. The molecule has 0 aliphatic heterocycles. The van der Waals surface area contributed by atoms with Gasteiger partial charge in [0.05, 0.1) is 10.9 Å². The molecular weight excluding hydrogens is 294 g/mol. The van der Waals surface area contributed by atoms with E-state index in [4.69, 9.17) is 4.74 Å². The van der Waals surface area contributed by atoms with Crippen molar-refractivity contribution in [3.05, 3.63) is 23.3 Å². The molecule has 0 aliphatic rings. The Labute approximate surface area is 117 Å². The fraction of sp³-hybridized carbons (Fsp3) is 0.500. The minimum Gasteiger partial charge on any atom is -0.493 e. The molecule has 100 valence electrons. The molecule has 0 saturated carbocycles. The molecular formula is C14H20BrNO2. The van der Waals surface area contributed by atoms with E-state index in [0.717, 1.165) is 22.6 Å². The Hall–Kier alpha value is -1.03. The van der Waals surface area contributed by atoms with Crippen molar-refractivity contribution < 1.29 is 9.53 Å². The predicted octanol–water partition coefficient (Wildman–Crippen LogP) is 3.81. The maximum atomic E-state index is 11.9. The second-order valence-corrected chi connectivity index (χ2v) is 6.78. The molecule has 0 spiro atoms. The van der Waals surface area contributed by atoms with E-state index in [2.05, 4.69) is 21.2 Å². The molecule has 1 N–H and O–H groups in total. The molecule has 1 rings (SSSR count). The number of anilines is 1. The smallest absolute Gasteiger partial charge is 0.240 e. The lowest BCUT2D eigenvalue weighted by molar-refractivity contribution is -0.117. The van der Waals surface area contributed by atoms with Crippen LogP contribution in [0, 0.1) is 13.8 Å². The fourth-order valence-electron chi connectivity index (χ4n) is 1.67. The van der Waals surface area contributed by atoms with E-state index >= 15 is 0 Å². The van der Waals surface area contributed by atoms with Crippen molar-refractivity contribution in [3.8, 4) is 5.75 Å². The number of alkyl halides is 1. The van der Waals surface area contributed by atoms with Crippen LogP contribution in [0.3, 0.4) is 0 Å². The van der Waals surface area contributed by atoms with Gasteiger partial charge in [-0.15, -0.1) is 0 Å². The predicted molar refractivity (Wildman–Crippen MR) is 78.7 cm³/mol. The summed E-state index contributed by atoms with van der Waals surface area (Å²) in [6, 6.07) is 3.85. The van der Waals surface area contributed by atoms with Crippen LogP contribution < -0.4 is 10.1 Å². The minimum absolute atomic E-state index is 0.0644. The van der Waals surface area contributed by atoms with Crippen LogP contribution in [0.2, 0.25) is 0 Å². The molecule has 18 heavy (non-hydrogen) atoms. The first-order chi connectivity index (χ1) is 8.25. The molecule has 1 aromatic rings. The number of hydrogen-bond donors (Lipinski definition) is 1. The lowest BCUT2D eigenvalue weighted by Gasteiger charge is -2.18. The van der Waals surface area contributed by atoms with Crippen molar-refractivity contribution in [1.29, 1.82) is 0 Å². The zero-order chi connectivity index (χ0) is 13.9. The Bertz CT molecular complexity index is 427. The van der Waals surface area contributed by atoms with Crippen LogP contribution in [0.5, 0.6) is 5.75 Å². The third kappa shape index (κ3) is 3.73. The Morgan fingerprint density at radius 2 is 1.83 bits per heavy atom. The zero-order valence-corrected chi connectivity index (χ0v) is 13.1. The highest BCUT2D eigenvalue weighted by Gasteiger charge is 2.23. The van der Waals surface area contributed by atoms with Crippen LogP contribution in [0.15, 0.2) is 12.1 Å². The standard InChI is InChI=1S/C14H20BrNO2/c1-6-18-12-9(2)7-11(8-10(12)3)16-13(17)14(4,5)15/h7-8H,6H2,1-5H3,(H,16,17). The summed E-state index contributed by atoms with van der Waals surface area (Å²) in [5, 5.41) is 2.89. The molecule has 1 aromatic carbocycles. The van der Waals surface area contributed by atoms with Gasteiger partial charge in [0.25, 0.3) is 0 Å². The second kappa shape index (κ2) is 5.74. The van der Waals surface area contributed by atoms with Gasteiger partial charge in [0, 0.05) is 5.69 Å². The molecule has 0 atom stereocenters. The molecule has 4 heteroatoms. The van der Waals surface area contributed by atoms with Crippen LogP contribution in [-0.4, -0.2) is 16.8 Å². The molecule has 0 bridgehead atoms. The Morgan fingerprint density at radius 3 is 2.22 bits per heavy atom. The van der Waals surface area contributed by atoms with Crippen LogP contribution in [0.25, 0.3) is 0 Å². The second-order valence-electron chi connectivity index (χ2n) is 4.80. The van der Waals surface area contributed by atoms with E-state index in [1.165, 1.54) is 0 Å². The number of carbonyl (C=O) groups is 1. The SMILES string of the molecule is CCOc1c(C)cc(NC(=O)C(C)(C)Br)cc1C. The summed E-state index contributed by atoms with van der Waals surface area (Å²) in [6.07, 6.45) is 0. The van der Waals surface area contributed by atoms with Crippen molar-refractivity contribution in [2.45, 2.75) is 38.9 Å². The lowest BCUT2D eigenvalue weighted by Crippen LogP contribution is -2.31. The van der Waals surface area contributed by atoms with Crippen LogP contribution in [-0.2, 0) is 4.79 Å². The number of carbonyl (C=O) groups excluding carboxylic acids is 1. The monoisotopic (exact) mass is 313 g/mol. The van der Waals surface area contributed by atoms with Gasteiger partial charge in [-0.25, -0.2) is 0 Å². The molecule has 3 nitrogen and oxygen atoms in total. The van der Waals surface area contributed by atoms with Gasteiger partial charge in [-0.05, 0) is 57.9 Å². The highest BCUT2D eigenvalue weighted by Crippen LogP contribution is 2.28. The summed E-state index contributed by atoms with van der Waals surface area (Å²) in [5.41, 5.74) is 2.85. The fourth-order valence-corrected chi connectivity index (χ4v) is 1.77. The summed E-state index contributed by atoms with van der Waals surface area (Å²) in [4.78, 5) is 11.9. The number of aryl methyl sites for hydroxylation is 2. The summed E-state index contributed by atoms with van der Waals surface area (Å²) >= 11 is 3.34. The number of nitrogens with one attached hydrogen (secondary N) is 1. The van der Waals surface area contributed by atoms with E-state index in [1.807, 2.05) is 46.8 Å². The van der Waals surface area contributed by atoms with Crippen LogP contribution >= 0.6 is 15.9 Å². The molecule has 0 radical (unpaired) electrons. The number of amides is 1. The van der Waals surface area contributed by atoms with Crippen molar-refractivity contribution in [3.63, 3.8) is 0 Å². The Balaban J connectivity index is 2.97. The van der Waals surface area contributed by atoms with Gasteiger partial charge in [0.15, 0.2) is 0 Å². The van der Waals surface area contributed by atoms with Gasteiger partial charge in [-0.3, -0.25) is 4.79 Å². The number of benzene rings is 1. The number of ether oxygens (including phenoxy) is 1. The lowest BCUT2D eigenvalue weighted by atomic mass is 10.1. The largest absolute Gasteiger partial charge is 0.493 e. The Morgan fingerprint density at radius 1 is 1.33 bits per heavy atom. The first kappa shape index (κ1) is 15.0. The van der Waals surface area contributed by atoms with Crippen molar-refractivity contribution >= 4 is 27.5 Å². The molecule has 0 unspecified atom stereocenters. The Kier molecular flexibility index (Phi) is 4.79. The average molecular weight is 314 g/mol. The summed E-state index contributed by atoms with van der Waals surface area (Å²) in [5.74, 6) is 0.832. The topological polar surface area (TPSA) is 38.3 Å². The van der Waals surface area contributed by atoms with Gasteiger partial charge in [-0.1, -0.05) is 15.9 Å². The molecule has 0 aliphatic carbocycles. The van der Waals surface area contributed by atoms with Gasteiger partial charge in [0.2, 0.25) is 5.91 Å². The maximum absolute atomic E-state index is 11.9. The summed E-state index contributed by atoms with van der Waals surface area (Å²) in [7, 11) is 0. The highest BCUT2D eigenvalue weighted by atomic mass is 79.9. The normalized spacial score (nSPS) is 11.2. The third-order valence-corrected chi connectivity index (χ3v) is 2.91. The van der Waals surface area contributed by atoms with Crippen molar-refractivity contribution in [2.75, 3.05) is 11.9 Å². The van der Waals surface area contributed by atoms with E-state index < -0.39 is 4.32 Å². The number of hydrogen-bond acceptors (Lipinski definition) is 2. The van der Waals surface area contributed by atoms with Gasteiger partial charge < -0.3 is 10.1 Å². The molecule has 0 saturated heterocycles. The molecule has 0 heterocycles. The van der Waals surface area contributed by atoms with Gasteiger partial charge in [-0.2, -0.15) is 0 Å². The van der Waals surface area contributed by atoms with E-state index in [-0.39, 0.29) is 5.91 Å². The zero-order valence-electron chi connectivity index (χ0n) is 11.6. The van der Waals surface area contributed by atoms with Gasteiger partial charge in [0.1, 0.15) is 5.75 Å². The quantitative estimate of drug-likeness (QED) is 0.858. The van der Waals surface area contributed by atoms with E-state index in [9.17, 15) is 4.79 Å². The van der Waals surface area contributed by atoms with E-state index in [0.29, 0.717) is 6.61 Å². The molecule has 0 fully saturated rings. The first-order valence-electron chi connectivity index (χ1n) is 6.00. The molecule has 1 amide bonds. The van der Waals surface area contributed by atoms with Crippen LogP contribution in [0.1, 0.15) is 31.9 Å². The number of halogens is 1. The maximum Gasteiger partial charge on any atom is 0.240 e. The third-order valence-electron chi connectivity index (χ3n) is 2.55.